The fourth-order valence-electron chi connectivity index (χ4n) is 6.05. The summed E-state index contributed by atoms with van der Waals surface area (Å²) in [6.45, 7) is 12.6. The van der Waals surface area contributed by atoms with E-state index in [1.54, 1.807) is 0 Å². The molecular formula is C35H37N4O+. The van der Waals surface area contributed by atoms with Gasteiger partial charge in [0.15, 0.2) is 0 Å². The van der Waals surface area contributed by atoms with E-state index < -0.39 is 0 Å². The third-order valence-corrected chi connectivity index (χ3v) is 8.28. The minimum atomic E-state index is 0.578. The Bertz CT molecular complexity index is 1980. The van der Waals surface area contributed by atoms with Crippen molar-refractivity contribution in [3.8, 4) is 11.1 Å². The second-order valence-corrected chi connectivity index (χ2v) is 10.4. The van der Waals surface area contributed by atoms with Gasteiger partial charge >= 0.3 is 0 Å². The van der Waals surface area contributed by atoms with Crippen LogP contribution < -0.4 is 26.3 Å². The second kappa shape index (κ2) is 10.2. The Balaban J connectivity index is 1.74. The average molecular weight is 530 g/mol. The number of rotatable bonds is 6. The van der Waals surface area contributed by atoms with Crippen molar-refractivity contribution in [2.75, 3.05) is 42.5 Å². The molecule has 0 aliphatic carbocycles. The number of anilines is 3. The highest BCUT2D eigenvalue weighted by Gasteiger charge is 2.18. The maximum Gasteiger partial charge on any atom is 0.200 e. The average Bonchev–Trinajstić information content (AvgIpc) is 2.98. The molecule has 0 spiro atoms. The first-order valence-electron chi connectivity index (χ1n) is 14.3. The summed E-state index contributed by atoms with van der Waals surface area (Å²) in [5.74, 6) is 0. The van der Waals surface area contributed by atoms with Crippen LogP contribution in [0.2, 0.25) is 0 Å². The number of fused-ring (bicyclic) bond motifs is 6. The zero-order valence-electron chi connectivity index (χ0n) is 23.8. The summed E-state index contributed by atoms with van der Waals surface area (Å²) in [6, 6.07) is 28.0. The quantitative estimate of drug-likeness (QED) is 0.102. The second-order valence-electron chi connectivity index (χ2n) is 10.4. The molecule has 0 unspecified atom stereocenters. The lowest BCUT2D eigenvalue weighted by molar-refractivity contribution is 0.627. The summed E-state index contributed by atoms with van der Waals surface area (Å²) in [5, 5.41) is 7.84. The van der Waals surface area contributed by atoms with Crippen LogP contribution in [-0.2, 0) is 0 Å². The molecule has 5 nitrogen and oxygen atoms in total. The topological polar surface area (TPSA) is 71.4 Å². The SMILES string of the molecule is CCN(CC)c1ccc2c(ccc3c(-c4ccc(N)c(N)c4)c4ccc5cc(=[N+](CC)CC)ccc5c4oc32)c1. The summed E-state index contributed by atoms with van der Waals surface area (Å²) in [6.07, 6.45) is 0. The van der Waals surface area contributed by atoms with Gasteiger partial charge in [-0.25, -0.2) is 4.58 Å². The number of nitrogens with two attached hydrogens (primary N) is 2. The van der Waals surface area contributed by atoms with E-state index in [-0.39, 0.29) is 0 Å². The van der Waals surface area contributed by atoms with Gasteiger partial charge in [0.2, 0.25) is 5.36 Å². The summed E-state index contributed by atoms with van der Waals surface area (Å²) in [5.41, 5.74) is 18.7. The van der Waals surface area contributed by atoms with Crippen LogP contribution in [-0.4, -0.2) is 26.2 Å². The Morgan fingerprint density at radius 1 is 0.625 bits per heavy atom. The van der Waals surface area contributed by atoms with Gasteiger partial charge in [-0.1, -0.05) is 18.2 Å². The van der Waals surface area contributed by atoms with Crippen LogP contribution in [0.15, 0.2) is 83.3 Å². The van der Waals surface area contributed by atoms with Gasteiger partial charge in [0.05, 0.1) is 11.4 Å². The molecule has 0 radical (unpaired) electrons. The van der Waals surface area contributed by atoms with Crippen LogP contribution in [0.25, 0.3) is 54.6 Å². The highest BCUT2D eigenvalue weighted by molar-refractivity contribution is 6.19. The third-order valence-electron chi connectivity index (χ3n) is 8.28. The standard InChI is InChI=1S/C35H36N4O/c1-5-38(6-2)25-12-16-27-22(19-25)9-14-29-33(24-11-18-31(36)32(37)21-24)30-15-10-23-20-26(39(7-3)8-4)13-17-28(23)35(30)40-34(27)29/h9-21,36H,5-8,37H2,1-4H3/p+1. The van der Waals surface area contributed by atoms with Gasteiger partial charge in [0, 0.05) is 58.0 Å². The van der Waals surface area contributed by atoms with Crippen LogP contribution >= 0.6 is 0 Å². The highest BCUT2D eigenvalue weighted by Crippen LogP contribution is 2.42. The van der Waals surface area contributed by atoms with Gasteiger partial charge in [-0.15, -0.1) is 0 Å². The fraction of sp³-hybridized carbons (Fsp3) is 0.229. The molecule has 0 fully saturated rings. The zero-order valence-corrected chi connectivity index (χ0v) is 23.8. The molecule has 6 aromatic rings. The van der Waals surface area contributed by atoms with Crippen molar-refractivity contribution >= 4 is 60.5 Å². The van der Waals surface area contributed by atoms with Crippen LogP contribution in [0, 0.1) is 0 Å². The molecule has 6 rings (SSSR count). The smallest absolute Gasteiger partial charge is 0.200 e. The molecule has 0 aliphatic heterocycles. The molecule has 0 aliphatic rings. The number of hydrogen-bond donors (Lipinski definition) is 2. The van der Waals surface area contributed by atoms with Crippen molar-refractivity contribution < 1.29 is 4.42 Å². The van der Waals surface area contributed by atoms with Crippen molar-refractivity contribution in [1.82, 2.24) is 4.58 Å². The Kier molecular flexibility index (Phi) is 6.59. The van der Waals surface area contributed by atoms with Crippen LogP contribution in [0.1, 0.15) is 27.7 Å². The van der Waals surface area contributed by atoms with E-state index in [0.29, 0.717) is 11.4 Å². The predicted octanol–water partition coefficient (Wildman–Crippen LogP) is 7.38. The normalized spacial score (nSPS) is 11.6. The molecule has 0 atom stereocenters. The van der Waals surface area contributed by atoms with Gasteiger partial charge < -0.3 is 20.8 Å². The van der Waals surface area contributed by atoms with E-state index in [2.05, 4.69) is 104 Å². The first-order valence-corrected chi connectivity index (χ1v) is 14.3. The van der Waals surface area contributed by atoms with Crippen LogP contribution in [0.4, 0.5) is 17.1 Å². The lowest BCUT2D eigenvalue weighted by Gasteiger charge is -2.21. The third kappa shape index (κ3) is 4.13. The minimum Gasteiger partial charge on any atom is -0.455 e. The van der Waals surface area contributed by atoms with Gasteiger partial charge in [0.25, 0.3) is 0 Å². The van der Waals surface area contributed by atoms with E-state index in [4.69, 9.17) is 15.9 Å². The summed E-state index contributed by atoms with van der Waals surface area (Å²) in [7, 11) is 0. The molecule has 1 aromatic heterocycles. The largest absolute Gasteiger partial charge is 0.455 e. The fourth-order valence-corrected chi connectivity index (χ4v) is 6.05. The van der Waals surface area contributed by atoms with E-state index in [1.165, 1.54) is 11.0 Å². The number of hydrogen-bond acceptors (Lipinski definition) is 4. The molecule has 40 heavy (non-hydrogen) atoms. The molecular weight excluding hydrogens is 492 g/mol. The summed E-state index contributed by atoms with van der Waals surface area (Å²) >= 11 is 0. The minimum absolute atomic E-state index is 0.578. The van der Waals surface area contributed by atoms with E-state index in [0.717, 1.165) is 80.8 Å². The van der Waals surface area contributed by atoms with Crippen LogP contribution in [0.5, 0.6) is 0 Å². The van der Waals surface area contributed by atoms with E-state index in [1.807, 2.05) is 12.1 Å². The molecule has 0 amide bonds. The van der Waals surface area contributed by atoms with Gasteiger partial charge in [0.1, 0.15) is 24.3 Å². The Hall–Kier alpha value is -4.51. The number of benzene rings is 5. The zero-order chi connectivity index (χ0) is 28.0. The maximum atomic E-state index is 6.91. The lowest BCUT2D eigenvalue weighted by Crippen LogP contribution is -2.29. The Morgan fingerprint density at radius 3 is 1.82 bits per heavy atom. The monoisotopic (exact) mass is 529 g/mol. The van der Waals surface area contributed by atoms with E-state index in [9.17, 15) is 0 Å². The van der Waals surface area contributed by atoms with Crippen molar-refractivity contribution in [1.29, 1.82) is 0 Å². The predicted molar refractivity (Wildman–Crippen MR) is 173 cm³/mol. The van der Waals surface area contributed by atoms with Crippen molar-refractivity contribution in [2.24, 2.45) is 0 Å². The molecule has 202 valence electrons. The molecule has 4 N–H and O–H groups in total. The first kappa shape index (κ1) is 25.8. The molecule has 5 heteroatoms. The summed E-state index contributed by atoms with van der Waals surface area (Å²) < 4.78 is 9.28. The van der Waals surface area contributed by atoms with Crippen molar-refractivity contribution in [2.45, 2.75) is 27.7 Å². The molecule has 0 saturated heterocycles. The first-order chi connectivity index (χ1) is 19.5. The summed E-state index contributed by atoms with van der Waals surface area (Å²) in [4.78, 5) is 2.37. The number of nitrogen functional groups attached to an aromatic ring is 2. The van der Waals surface area contributed by atoms with Crippen LogP contribution in [0.3, 0.4) is 0 Å². The maximum absolute atomic E-state index is 6.91. The Morgan fingerprint density at radius 2 is 1.23 bits per heavy atom. The number of nitrogens with zero attached hydrogens (tertiary/aromatic N) is 2. The molecule has 0 saturated carbocycles. The van der Waals surface area contributed by atoms with Crippen molar-refractivity contribution in [3.05, 3.63) is 84.2 Å². The van der Waals surface area contributed by atoms with E-state index >= 15 is 0 Å². The Labute approximate surface area is 234 Å². The lowest BCUT2D eigenvalue weighted by atomic mass is 9.93. The van der Waals surface area contributed by atoms with Crippen molar-refractivity contribution in [3.63, 3.8) is 0 Å². The molecule has 1 heterocycles. The van der Waals surface area contributed by atoms with Gasteiger partial charge in [-0.3, -0.25) is 0 Å². The van der Waals surface area contributed by atoms with Gasteiger partial charge in [-0.2, -0.15) is 0 Å². The molecule has 5 aromatic carbocycles. The molecule has 0 bridgehead atoms. The highest BCUT2D eigenvalue weighted by atomic mass is 16.3. The van der Waals surface area contributed by atoms with Gasteiger partial charge in [-0.05, 0) is 92.6 Å².